The Kier molecular flexibility index (Phi) is 3.43. The van der Waals surface area contributed by atoms with Crippen LogP contribution in [-0.4, -0.2) is 23.2 Å². The predicted octanol–water partition coefficient (Wildman–Crippen LogP) is 0.779. The highest BCUT2D eigenvalue weighted by atomic mass is 16.5. The molecule has 0 amide bonds. The number of aryl methyl sites for hydroxylation is 1. The van der Waals surface area contributed by atoms with Crippen molar-refractivity contribution in [3.63, 3.8) is 0 Å². The average molecular weight is 196 g/mol. The van der Waals surface area contributed by atoms with Gasteiger partial charge in [0.15, 0.2) is 0 Å². The Balaban J connectivity index is 3.10. The first kappa shape index (κ1) is 10.9. The molecule has 78 valence electrons. The summed E-state index contributed by atoms with van der Waals surface area (Å²) in [5, 5.41) is 9.77. The maximum atomic E-state index is 9.77. The summed E-state index contributed by atoms with van der Waals surface area (Å²) in [7, 11) is 1.55. The van der Waals surface area contributed by atoms with Crippen LogP contribution in [0, 0.1) is 6.92 Å². The normalized spacial score (nSPS) is 14.9. The van der Waals surface area contributed by atoms with Gasteiger partial charge in [0.05, 0.1) is 7.11 Å². The van der Waals surface area contributed by atoms with Crippen molar-refractivity contribution in [2.24, 2.45) is 5.73 Å². The molecule has 4 nitrogen and oxygen atoms in total. The van der Waals surface area contributed by atoms with Gasteiger partial charge in [-0.3, -0.25) is 4.98 Å². The molecule has 0 radical (unpaired) electrons. The van der Waals surface area contributed by atoms with E-state index in [4.69, 9.17) is 10.5 Å². The van der Waals surface area contributed by atoms with Crippen LogP contribution < -0.4 is 10.5 Å². The molecule has 1 aromatic heterocycles. The van der Waals surface area contributed by atoms with Gasteiger partial charge in [0.1, 0.15) is 17.5 Å². The third-order valence-electron chi connectivity index (χ3n) is 2.02. The van der Waals surface area contributed by atoms with Crippen LogP contribution in [0.1, 0.15) is 24.4 Å². The fourth-order valence-corrected chi connectivity index (χ4v) is 1.20. The van der Waals surface area contributed by atoms with Gasteiger partial charge in [-0.25, -0.2) is 0 Å². The van der Waals surface area contributed by atoms with E-state index in [0.29, 0.717) is 11.4 Å². The number of hydrogen-bond donors (Lipinski definition) is 2. The number of nitrogens with two attached hydrogens (primary N) is 1. The third-order valence-corrected chi connectivity index (χ3v) is 2.02. The summed E-state index contributed by atoms with van der Waals surface area (Å²) in [4.78, 5) is 4.21. The van der Waals surface area contributed by atoms with Gasteiger partial charge in [-0.1, -0.05) is 0 Å². The molecule has 2 atom stereocenters. The van der Waals surface area contributed by atoms with Crippen LogP contribution in [0.2, 0.25) is 0 Å². The van der Waals surface area contributed by atoms with Crippen LogP contribution in [0.15, 0.2) is 12.1 Å². The lowest BCUT2D eigenvalue weighted by Gasteiger charge is -2.17. The minimum absolute atomic E-state index is 0.363. The number of nitrogens with zero attached hydrogens (tertiary/aromatic N) is 1. The molecular formula is C10H16N2O2. The first-order chi connectivity index (χ1) is 6.56. The molecule has 14 heavy (non-hydrogen) atoms. The standard InChI is InChI=1S/C10H16N2O2/c1-6-4-5-8(14-3)9(12-6)10(13)7(2)11/h4-5,7,10,13H,11H2,1-3H3. The smallest absolute Gasteiger partial charge is 0.143 e. The molecule has 1 heterocycles. The van der Waals surface area contributed by atoms with E-state index in [1.165, 1.54) is 0 Å². The van der Waals surface area contributed by atoms with E-state index in [9.17, 15) is 5.11 Å². The Morgan fingerprint density at radius 1 is 1.50 bits per heavy atom. The summed E-state index contributed by atoms with van der Waals surface area (Å²) in [5.41, 5.74) is 6.93. The molecule has 0 spiro atoms. The minimum Gasteiger partial charge on any atom is -0.495 e. The van der Waals surface area contributed by atoms with E-state index in [1.54, 1.807) is 20.1 Å². The number of aliphatic hydroxyl groups is 1. The highest BCUT2D eigenvalue weighted by Crippen LogP contribution is 2.24. The van der Waals surface area contributed by atoms with Crippen molar-refractivity contribution in [3.05, 3.63) is 23.5 Å². The largest absolute Gasteiger partial charge is 0.495 e. The van der Waals surface area contributed by atoms with Crippen molar-refractivity contribution in [1.82, 2.24) is 4.98 Å². The summed E-state index contributed by atoms with van der Waals surface area (Å²) < 4.78 is 5.09. The van der Waals surface area contributed by atoms with Crippen molar-refractivity contribution in [3.8, 4) is 5.75 Å². The monoisotopic (exact) mass is 196 g/mol. The second kappa shape index (κ2) is 4.39. The Bertz CT molecular complexity index is 313. The summed E-state index contributed by atoms with van der Waals surface area (Å²) in [6, 6.07) is 3.25. The van der Waals surface area contributed by atoms with E-state index in [2.05, 4.69) is 4.98 Å². The van der Waals surface area contributed by atoms with Crippen molar-refractivity contribution in [2.45, 2.75) is 26.0 Å². The second-order valence-corrected chi connectivity index (χ2v) is 3.34. The van der Waals surface area contributed by atoms with Crippen LogP contribution in [0.3, 0.4) is 0 Å². The maximum Gasteiger partial charge on any atom is 0.143 e. The quantitative estimate of drug-likeness (QED) is 0.749. The summed E-state index contributed by atoms with van der Waals surface area (Å²) in [5.74, 6) is 0.570. The zero-order chi connectivity index (χ0) is 10.7. The molecule has 0 fully saturated rings. The van der Waals surface area contributed by atoms with Crippen LogP contribution >= 0.6 is 0 Å². The number of pyridine rings is 1. The minimum atomic E-state index is -0.787. The zero-order valence-corrected chi connectivity index (χ0v) is 8.69. The summed E-state index contributed by atoms with van der Waals surface area (Å²) >= 11 is 0. The Morgan fingerprint density at radius 2 is 2.14 bits per heavy atom. The third kappa shape index (κ3) is 2.21. The van der Waals surface area contributed by atoms with Crippen molar-refractivity contribution in [1.29, 1.82) is 0 Å². The van der Waals surface area contributed by atoms with E-state index in [1.807, 2.05) is 13.0 Å². The van der Waals surface area contributed by atoms with Crippen LogP contribution in [0.25, 0.3) is 0 Å². The molecule has 0 aromatic carbocycles. The highest BCUT2D eigenvalue weighted by Gasteiger charge is 2.18. The van der Waals surface area contributed by atoms with Gasteiger partial charge in [-0.2, -0.15) is 0 Å². The van der Waals surface area contributed by atoms with Crippen molar-refractivity contribution >= 4 is 0 Å². The SMILES string of the molecule is COc1ccc(C)nc1C(O)C(C)N. The maximum absolute atomic E-state index is 9.77. The van der Waals surface area contributed by atoms with Crippen LogP contribution in [-0.2, 0) is 0 Å². The molecule has 0 saturated carbocycles. The molecule has 1 aromatic rings. The van der Waals surface area contributed by atoms with Crippen LogP contribution in [0.5, 0.6) is 5.75 Å². The van der Waals surface area contributed by atoms with E-state index in [0.717, 1.165) is 5.69 Å². The lowest BCUT2D eigenvalue weighted by molar-refractivity contribution is 0.144. The predicted molar refractivity (Wildman–Crippen MR) is 54.1 cm³/mol. The molecule has 1 rings (SSSR count). The van der Waals surface area contributed by atoms with Crippen molar-refractivity contribution in [2.75, 3.05) is 7.11 Å². The average Bonchev–Trinajstić information content (AvgIpc) is 2.16. The van der Waals surface area contributed by atoms with Gasteiger partial charge < -0.3 is 15.6 Å². The Morgan fingerprint density at radius 3 is 2.64 bits per heavy atom. The van der Waals surface area contributed by atoms with E-state index < -0.39 is 6.10 Å². The van der Waals surface area contributed by atoms with E-state index in [-0.39, 0.29) is 6.04 Å². The molecule has 2 unspecified atom stereocenters. The number of hydrogen-bond acceptors (Lipinski definition) is 4. The van der Waals surface area contributed by atoms with Crippen molar-refractivity contribution < 1.29 is 9.84 Å². The summed E-state index contributed by atoms with van der Waals surface area (Å²) in [6.45, 7) is 3.59. The molecule has 3 N–H and O–H groups in total. The second-order valence-electron chi connectivity index (χ2n) is 3.34. The highest BCUT2D eigenvalue weighted by molar-refractivity contribution is 5.31. The zero-order valence-electron chi connectivity index (χ0n) is 8.69. The van der Waals surface area contributed by atoms with Gasteiger partial charge in [0.2, 0.25) is 0 Å². The van der Waals surface area contributed by atoms with Gasteiger partial charge in [-0.15, -0.1) is 0 Å². The topological polar surface area (TPSA) is 68.4 Å². The number of aromatic nitrogens is 1. The Hall–Kier alpha value is -1.13. The fraction of sp³-hybridized carbons (Fsp3) is 0.500. The number of methoxy groups -OCH3 is 1. The molecule has 0 saturated heterocycles. The molecule has 0 aliphatic rings. The molecule has 0 bridgehead atoms. The molecule has 0 aliphatic heterocycles. The molecular weight excluding hydrogens is 180 g/mol. The Labute approximate surface area is 83.7 Å². The van der Waals surface area contributed by atoms with Gasteiger partial charge in [0, 0.05) is 11.7 Å². The van der Waals surface area contributed by atoms with E-state index >= 15 is 0 Å². The lowest BCUT2D eigenvalue weighted by Crippen LogP contribution is -2.25. The first-order valence-electron chi connectivity index (χ1n) is 4.51. The lowest BCUT2D eigenvalue weighted by atomic mass is 10.1. The number of ether oxygens (including phenoxy) is 1. The fourth-order valence-electron chi connectivity index (χ4n) is 1.20. The van der Waals surface area contributed by atoms with Crippen LogP contribution in [0.4, 0.5) is 0 Å². The number of rotatable bonds is 3. The summed E-state index contributed by atoms with van der Waals surface area (Å²) in [6.07, 6.45) is -0.787. The first-order valence-corrected chi connectivity index (χ1v) is 4.51. The van der Waals surface area contributed by atoms with Gasteiger partial charge >= 0.3 is 0 Å². The molecule has 4 heteroatoms. The molecule has 0 aliphatic carbocycles. The van der Waals surface area contributed by atoms with Gasteiger partial charge in [-0.05, 0) is 26.0 Å². The number of aliphatic hydroxyl groups excluding tert-OH is 1. The van der Waals surface area contributed by atoms with Gasteiger partial charge in [0.25, 0.3) is 0 Å².